The van der Waals surface area contributed by atoms with E-state index in [1.807, 2.05) is 0 Å². The van der Waals surface area contributed by atoms with Gasteiger partial charge in [0, 0.05) is 6.92 Å². The summed E-state index contributed by atoms with van der Waals surface area (Å²) in [6.07, 6.45) is -2.24. The van der Waals surface area contributed by atoms with Crippen molar-refractivity contribution in [1.29, 1.82) is 0 Å². The van der Waals surface area contributed by atoms with Crippen molar-refractivity contribution >= 4 is 5.91 Å². The van der Waals surface area contributed by atoms with Crippen LogP contribution in [0.15, 0.2) is 0 Å². The monoisotopic (exact) mass is 230 g/mol. The number of hydrogen-bond donors (Lipinski definition) is 2. The molecule has 2 fully saturated rings. The lowest BCUT2D eigenvalue weighted by Gasteiger charge is -2.35. The van der Waals surface area contributed by atoms with Crippen molar-refractivity contribution in [3.05, 3.63) is 6.61 Å². The summed E-state index contributed by atoms with van der Waals surface area (Å²) in [7, 11) is 0. The first-order valence-electron chi connectivity index (χ1n) is 5.29. The van der Waals surface area contributed by atoms with Gasteiger partial charge in [0.15, 0.2) is 12.4 Å². The second-order valence-electron chi connectivity index (χ2n) is 3.93. The molecule has 0 saturated carbocycles. The topological polar surface area (TPSA) is 77.0 Å². The third-order valence-electron chi connectivity index (χ3n) is 2.76. The third kappa shape index (κ3) is 2.01. The Kier molecular flexibility index (Phi) is 3.34. The van der Waals surface area contributed by atoms with Gasteiger partial charge in [-0.25, -0.2) is 0 Å². The summed E-state index contributed by atoms with van der Waals surface area (Å²) >= 11 is 0. The molecule has 2 saturated heterocycles. The van der Waals surface area contributed by atoms with Crippen LogP contribution >= 0.6 is 0 Å². The molecule has 0 aromatic heterocycles. The Balaban J connectivity index is 2.12. The zero-order valence-electron chi connectivity index (χ0n) is 9.25. The van der Waals surface area contributed by atoms with Crippen LogP contribution in [0.4, 0.5) is 0 Å². The van der Waals surface area contributed by atoms with E-state index in [-0.39, 0.29) is 12.0 Å². The fraction of sp³-hybridized carbons (Fsp3) is 0.800. The van der Waals surface area contributed by atoms with Crippen LogP contribution in [0.5, 0.6) is 0 Å². The lowest BCUT2D eigenvalue weighted by Crippen LogP contribution is -2.61. The van der Waals surface area contributed by atoms with Gasteiger partial charge in [-0.05, 0) is 0 Å². The summed E-state index contributed by atoms with van der Waals surface area (Å²) in [5.74, 6) is -0.209. The second kappa shape index (κ2) is 4.58. The van der Waals surface area contributed by atoms with Crippen molar-refractivity contribution in [1.82, 2.24) is 5.32 Å². The Morgan fingerprint density at radius 1 is 1.62 bits per heavy atom. The molecular formula is C10H16NO5+. The van der Waals surface area contributed by atoms with Crippen LogP contribution in [0.1, 0.15) is 13.8 Å². The first kappa shape index (κ1) is 11.7. The molecule has 0 aromatic carbocycles. The van der Waals surface area contributed by atoms with Gasteiger partial charge in [0.25, 0.3) is 0 Å². The van der Waals surface area contributed by atoms with Crippen molar-refractivity contribution < 1.29 is 24.1 Å². The highest BCUT2D eigenvalue weighted by Crippen LogP contribution is 2.30. The molecule has 6 heteroatoms. The summed E-state index contributed by atoms with van der Waals surface area (Å²) in [5.41, 5.74) is 0. The molecule has 2 heterocycles. The highest BCUT2D eigenvalue weighted by molar-refractivity contribution is 5.73. The second-order valence-corrected chi connectivity index (χ2v) is 3.93. The van der Waals surface area contributed by atoms with Crippen LogP contribution in [0.25, 0.3) is 0 Å². The molecule has 16 heavy (non-hydrogen) atoms. The summed E-state index contributed by atoms with van der Waals surface area (Å²) in [5, 5.41) is 12.6. The average Bonchev–Trinajstić information content (AvgIpc) is 2.66. The Hall–Kier alpha value is -0.820. The fourth-order valence-electron chi connectivity index (χ4n) is 2.09. The number of aliphatic hydroxyl groups is 1. The maximum absolute atomic E-state index is 11.1. The minimum Gasteiger partial charge on any atom is -0.387 e. The Labute approximate surface area is 93.9 Å². The van der Waals surface area contributed by atoms with Gasteiger partial charge < -0.3 is 19.9 Å². The first-order valence-corrected chi connectivity index (χ1v) is 5.29. The molecule has 90 valence electrons. The number of rotatable bonds is 3. The number of carbonyl (C=O) groups is 1. The summed E-state index contributed by atoms with van der Waals surface area (Å²) < 4.78 is 16.1. The van der Waals surface area contributed by atoms with Crippen LogP contribution in [0, 0.1) is 6.61 Å². The number of ether oxygens (including phenoxy) is 3. The summed E-state index contributed by atoms with van der Waals surface area (Å²) in [4.78, 5) is 11.1. The Bertz CT molecular complexity index is 272. The van der Waals surface area contributed by atoms with Crippen molar-refractivity contribution in [2.24, 2.45) is 0 Å². The zero-order chi connectivity index (χ0) is 11.7. The van der Waals surface area contributed by atoms with E-state index in [0.717, 1.165) is 0 Å². The van der Waals surface area contributed by atoms with E-state index in [9.17, 15) is 9.90 Å². The molecule has 0 unspecified atom stereocenters. The number of nitrogens with one attached hydrogen (secondary N) is 1. The quantitative estimate of drug-likeness (QED) is 0.619. The smallest absolute Gasteiger partial charge is 0.224 e. The minimum atomic E-state index is -0.799. The van der Waals surface area contributed by atoms with Crippen LogP contribution in [0.2, 0.25) is 0 Å². The third-order valence-corrected chi connectivity index (χ3v) is 2.76. The number of carbonyl (C=O) groups excluding carboxylic acids is 1. The molecule has 2 aliphatic rings. The highest BCUT2D eigenvalue weighted by atomic mass is 16.7. The van der Waals surface area contributed by atoms with Gasteiger partial charge in [0.1, 0.15) is 25.2 Å². The Morgan fingerprint density at radius 2 is 2.38 bits per heavy atom. The van der Waals surface area contributed by atoms with E-state index in [0.29, 0.717) is 6.61 Å². The van der Waals surface area contributed by atoms with Gasteiger partial charge >= 0.3 is 0 Å². The fourth-order valence-corrected chi connectivity index (χ4v) is 2.09. The van der Waals surface area contributed by atoms with Crippen molar-refractivity contribution in [3.8, 4) is 0 Å². The van der Waals surface area contributed by atoms with E-state index < -0.39 is 24.5 Å². The molecule has 0 aliphatic carbocycles. The first-order chi connectivity index (χ1) is 7.63. The van der Waals surface area contributed by atoms with Gasteiger partial charge in [-0.2, -0.15) is 4.74 Å². The number of fused-ring (bicyclic) bond motifs is 2. The summed E-state index contributed by atoms with van der Waals surface area (Å²) in [6.45, 7) is 4.94. The molecule has 0 radical (unpaired) electrons. The maximum Gasteiger partial charge on any atom is 0.224 e. The van der Waals surface area contributed by atoms with Crippen LogP contribution in [0.3, 0.4) is 0 Å². The normalized spacial score (nSPS) is 41.8. The molecule has 2 aliphatic heterocycles. The minimum absolute atomic E-state index is 0.209. The van der Waals surface area contributed by atoms with E-state index in [4.69, 9.17) is 14.2 Å². The number of aliphatic hydroxyl groups excluding tert-OH is 1. The standard InChI is InChI=1S/C10H15NO5/c1-3-14-9-7(11-5(2)12)10-15-4-6(16-10)8(9)13/h3,6-10,13H,4H2,1-2H3/p+1/t6-,7-,8-,9-,10-/m1/s1. The molecule has 2 rings (SSSR count). The van der Waals surface area contributed by atoms with Gasteiger partial charge in [-0.3, -0.25) is 4.79 Å². The van der Waals surface area contributed by atoms with Crippen molar-refractivity contribution in [2.45, 2.75) is 44.5 Å². The van der Waals surface area contributed by atoms with Gasteiger partial charge in [0.05, 0.1) is 6.61 Å². The number of hydrogen-bond acceptors (Lipinski definition) is 5. The van der Waals surface area contributed by atoms with E-state index in [2.05, 4.69) is 5.32 Å². The SMILES string of the molecule is C[CH+]O[C@H]1[C@H](O)[C@H]2CO[C@H](O2)[C@@H]1NC(C)=O. The maximum atomic E-state index is 11.1. The molecule has 6 nitrogen and oxygen atoms in total. The molecule has 0 spiro atoms. The van der Waals surface area contributed by atoms with Crippen molar-refractivity contribution in [2.75, 3.05) is 6.61 Å². The predicted molar refractivity (Wildman–Crippen MR) is 53.1 cm³/mol. The van der Waals surface area contributed by atoms with E-state index >= 15 is 0 Å². The molecule has 0 aromatic rings. The highest BCUT2D eigenvalue weighted by Gasteiger charge is 2.52. The lowest BCUT2D eigenvalue weighted by atomic mass is 9.98. The van der Waals surface area contributed by atoms with Gasteiger partial charge in [-0.1, -0.05) is 0 Å². The van der Waals surface area contributed by atoms with Crippen molar-refractivity contribution in [3.63, 3.8) is 0 Å². The lowest BCUT2D eigenvalue weighted by molar-refractivity contribution is -0.192. The molecule has 5 atom stereocenters. The largest absolute Gasteiger partial charge is 0.387 e. The van der Waals surface area contributed by atoms with Crippen LogP contribution in [-0.2, 0) is 19.0 Å². The van der Waals surface area contributed by atoms with E-state index in [1.54, 1.807) is 6.92 Å². The number of amides is 1. The zero-order valence-corrected chi connectivity index (χ0v) is 9.25. The molecular weight excluding hydrogens is 214 g/mol. The van der Waals surface area contributed by atoms with Crippen LogP contribution in [-0.4, -0.2) is 48.3 Å². The van der Waals surface area contributed by atoms with Gasteiger partial charge in [0.2, 0.25) is 12.5 Å². The van der Waals surface area contributed by atoms with Gasteiger partial charge in [-0.15, -0.1) is 0 Å². The summed E-state index contributed by atoms with van der Waals surface area (Å²) in [6, 6.07) is -0.484. The predicted octanol–water partition coefficient (Wildman–Crippen LogP) is -0.826. The van der Waals surface area contributed by atoms with E-state index in [1.165, 1.54) is 13.5 Å². The Morgan fingerprint density at radius 3 is 3.00 bits per heavy atom. The molecule has 1 amide bonds. The molecule has 2 bridgehead atoms. The molecule has 2 N–H and O–H groups in total. The average molecular weight is 230 g/mol. The van der Waals surface area contributed by atoms with Crippen LogP contribution < -0.4 is 5.32 Å².